The van der Waals surface area contributed by atoms with Crippen LogP contribution in [0.2, 0.25) is 15.1 Å². The molecule has 3 rings (SSSR count). The molecule has 3 aromatic rings. The summed E-state index contributed by atoms with van der Waals surface area (Å²) in [5, 5.41) is 15.5. The third-order valence-electron chi connectivity index (χ3n) is 3.16. The summed E-state index contributed by atoms with van der Waals surface area (Å²) >= 11 is 18.1. The molecule has 1 aromatic heterocycles. The first-order valence-corrected chi connectivity index (χ1v) is 8.21. The maximum Gasteiger partial charge on any atom is 0.249 e. The van der Waals surface area contributed by atoms with Crippen LogP contribution in [-0.2, 0) is 0 Å². The molecule has 0 saturated heterocycles. The fourth-order valence-electron chi connectivity index (χ4n) is 2.04. The molecule has 0 saturated carbocycles. The highest BCUT2D eigenvalue weighted by Gasteiger charge is 2.08. The lowest BCUT2D eigenvalue weighted by Crippen LogP contribution is -2.03. The van der Waals surface area contributed by atoms with Gasteiger partial charge >= 0.3 is 0 Å². The number of benzene rings is 2. The standard InChI is InChI=1S/C16H12Cl3N5O/c1-25-14-5-3-10(18)7-13(14)21-15-8-20-24-16(23-15)22-12-4-2-9(17)6-11(12)19/h2-8H,1H3,(H2,21,22,23,24). The first-order valence-electron chi connectivity index (χ1n) is 7.07. The molecule has 6 nitrogen and oxygen atoms in total. The lowest BCUT2D eigenvalue weighted by atomic mass is 10.3. The molecule has 0 atom stereocenters. The van der Waals surface area contributed by atoms with Gasteiger partial charge in [-0.3, -0.25) is 0 Å². The monoisotopic (exact) mass is 395 g/mol. The molecule has 0 aliphatic carbocycles. The van der Waals surface area contributed by atoms with Crippen LogP contribution in [0, 0.1) is 0 Å². The predicted molar refractivity (Wildman–Crippen MR) is 101 cm³/mol. The van der Waals surface area contributed by atoms with Gasteiger partial charge in [-0.25, -0.2) is 0 Å². The Bertz CT molecular complexity index is 907. The molecule has 0 spiro atoms. The SMILES string of the molecule is COc1ccc(Cl)cc1Nc1cnnc(Nc2ccc(Cl)cc2Cl)n1. The van der Waals surface area contributed by atoms with Crippen LogP contribution in [0.5, 0.6) is 5.75 Å². The highest BCUT2D eigenvalue weighted by atomic mass is 35.5. The van der Waals surface area contributed by atoms with Crippen molar-refractivity contribution in [1.29, 1.82) is 0 Å². The highest BCUT2D eigenvalue weighted by Crippen LogP contribution is 2.30. The molecule has 0 bridgehead atoms. The highest BCUT2D eigenvalue weighted by molar-refractivity contribution is 6.36. The van der Waals surface area contributed by atoms with Gasteiger partial charge in [0.2, 0.25) is 5.95 Å². The van der Waals surface area contributed by atoms with Gasteiger partial charge in [-0.15, -0.1) is 5.10 Å². The molecule has 1 heterocycles. The van der Waals surface area contributed by atoms with E-state index in [0.29, 0.717) is 38.0 Å². The van der Waals surface area contributed by atoms with Gasteiger partial charge in [0.25, 0.3) is 0 Å². The Morgan fingerprint density at radius 3 is 2.44 bits per heavy atom. The Morgan fingerprint density at radius 1 is 0.920 bits per heavy atom. The van der Waals surface area contributed by atoms with Crippen LogP contribution in [-0.4, -0.2) is 22.3 Å². The number of anilines is 4. The second-order valence-corrected chi connectivity index (χ2v) is 6.16. The molecular weight excluding hydrogens is 385 g/mol. The van der Waals surface area contributed by atoms with Crippen molar-refractivity contribution in [2.75, 3.05) is 17.7 Å². The van der Waals surface area contributed by atoms with Crippen LogP contribution in [0.1, 0.15) is 0 Å². The zero-order valence-corrected chi connectivity index (χ0v) is 15.2. The largest absolute Gasteiger partial charge is 0.495 e. The molecule has 2 N–H and O–H groups in total. The number of hydrogen-bond acceptors (Lipinski definition) is 6. The van der Waals surface area contributed by atoms with E-state index >= 15 is 0 Å². The lowest BCUT2D eigenvalue weighted by Gasteiger charge is -2.11. The van der Waals surface area contributed by atoms with Gasteiger partial charge in [-0.1, -0.05) is 34.8 Å². The lowest BCUT2D eigenvalue weighted by molar-refractivity contribution is 0.417. The van der Waals surface area contributed by atoms with Crippen LogP contribution < -0.4 is 15.4 Å². The number of methoxy groups -OCH3 is 1. The molecule has 2 aromatic carbocycles. The maximum atomic E-state index is 6.14. The topological polar surface area (TPSA) is 72.0 Å². The van der Waals surface area contributed by atoms with E-state index in [-0.39, 0.29) is 5.95 Å². The van der Waals surface area contributed by atoms with Gasteiger partial charge in [-0.05, 0) is 36.4 Å². The van der Waals surface area contributed by atoms with E-state index in [1.165, 1.54) is 6.20 Å². The maximum absolute atomic E-state index is 6.14. The quantitative estimate of drug-likeness (QED) is 0.607. The van der Waals surface area contributed by atoms with E-state index in [1.54, 1.807) is 43.5 Å². The van der Waals surface area contributed by atoms with Gasteiger partial charge in [0, 0.05) is 10.0 Å². The summed E-state index contributed by atoms with van der Waals surface area (Å²) in [4.78, 5) is 4.35. The molecular formula is C16H12Cl3N5O. The number of nitrogens with zero attached hydrogens (tertiary/aromatic N) is 3. The molecule has 0 unspecified atom stereocenters. The van der Waals surface area contributed by atoms with Crippen LogP contribution in [0.4, 0.5) is 23.1 Å². The molecule has 25 heavy (non-hydrogen) atoms. The minimum atomic E-state index is 0.273. The third kappa shape index (κ3) is 4.42. The van der Waals surface area contributed by atoms with Crippen LogP contribution in [0.15, 0.2) is 42.6 Å². The fourth-order valence-corrected chi connectivity index (χ4v) is 2.67. The summed E-state index contributed by atoms with van der Waals surface area (Å²) in [6, 6.07) is 10.3. The Kier molecular flexibility index (Phi) is 5.43. The van der Waals surface area contributed by atoms with E-state index in [9.17, 15) is 0 Å². The molecule has 0 aliphatic rings. The zero-order valence-electron chi connectivity index (χ0n) is 12.9. The summed E-state index contributed by atoms with van der Waals surface area (Å²) in [6.45, 7) is 0. The van der Waals surface area contributed by atoms with Crippen LogP contribution >= 0.6 is 34.8 Å². The first kappa shape index (κ1) is 17.5. The Labute approximate surface area is 159 Å². The molecule has 9 heteroatoms. The summed E-state index contributed by atoms with van der Waals surface area (Å²) in [6.07, 6.45) is 1.48. The van der Waals surface area contributed by atoms with Crippen molar-refractivity contribution < 1.29 is 4.74 Å². The Hall–Kier alpha value is -2.28. The number of hydrogen-bond donors (Lipinski definition) is 2. The molecule has 0 aliphatic heterocycles. The predicted octanol–water partition coefficient (Wildman–Crippen LogP) is 5.33. The van der Waals surface area contributed by atoms with Crippen molar-refractivity contribution in [2.24, 2.45) is 0 Å². The third-order valence-corrected chi connectivity index (χ3v) is 3.94. The fraction of sp³-hybridized carbons (Fsp3) is 0.0625. The minimum absolute atomic E-state index is 0.273. The Morgan fingerprint density at radius 2 is 1.68 bits per heavy atom. The zero-order chi connectivity index (χ0) is 17.8. The smallest absolute Gasteiger partial charge is 0.249 e. The molecule has 128 valence electrons. The normalized spacial score (nSPS) is 10.4. The summed E-state index contributed by atoms with van der Waals surface area (Å²) in [7, 11) is 1.57. The number of aromatic nitrogens is 3. The van der Waals surface area contributed by atoms with E-state index < -0.39 is 0 Å². The average Bonchev–Trinajstić information content (AvgIpc) is 2.58. The van der Waals surface area contributed by atoms with Crippen molar-refractivity contribution in [2.45, 2.75) is 0 Å². The van der Waals surface area contributed by atoms with E-state index in [2.05, 4.69) is 25.8 Å². The van der Waals surface area contributed by atoms with Crippen LogP contribution in [0.25, 0.3) is 0 Å². The molecule has 0 fully saturated rings. The van der Waals surface area contributed by atoms with E-state index in [1.807, 2.05) is 0 Å². The van der Waals surface area contributed by atoms with Crippen molar-refractivity contribution in [3.8, 4) is 5.75 Å². The molecule has 0 amide bonds. The van der Waals surface area contributed by atoms with Gasteiger partial charge < -0.3 is 15.4 Å². The number of nitrogens with one attached hydrogen (secondary N) is 2. The van der Waals surface area contributed by atoms with Crippen LogP contribution in [0.3, 0.4) is 0 Å². The average molecular weight is 397 g/mol. The summed E-state index contributed by atoms with van der Waals surface area (Å²) in [5.74, 6) is 1.36. The van der Waals surface area contributed by atoms with Gasteiger partial charge in [-0.2, -0.15) is 10.1 Å². The van der Waals surface area contributed by atoms with Gasteiger partial charge in [0.15, 0.2) is 5.82 Å². The van der Waals surface area contributed by atoms with E-state index in [0.717, 1.165) is 0 Å². The van der Waals surface area contributed by atoms with Crippen molar-refractivity contribution in [3.63, 3.8) is 0 Å². The van der Waals surface area contributed by atoms with Gasteiger partial charge in [0.05, 0.1) is 29.7 Å². The number of rotatable bonds is 5. The second-order valence-electron chi connectivity index (χ2n) is 4.88. The summed E-state index contributed by atoms with van der Waals surface area (Å²) in [5.41, 5.74) is 1.27. The molecule has 0 radical (unpaired) electrons. The number of halogens is 3. The van der Waals surface area contributed by atoms with Crippen molar-refractivity contribution >= 4 is 57.9 Å². The minimum Gasteiger partial charge on any atom is -0.495 e. The van der Waals surface area contributed by atoms with Gasteiger partial charge in [0.1, 0.15) is 5.75 Å². The Balaban J connectivity index is 1.83. The second kappa shape index (κ2) is 7.74. The van der Waals surface area contributed by atoms with E-state index in [4.69, 9.17) is 39.5 Å². The number of ether oxygens (including phenoxy) is 1. The van der Waals surface area contributed by atoms with Crippen molar-refractivity contribution in [1.82, 2.24) is 15.2 Å². The summed E-state index contributed by atoms with van der Waals surface area (Å²) < 4.78 is 5.29. The van der Waals surface area contributed by atoms with Crippen molar-refractivity contribution in [3.05, 3.63) is 57.7 Å². The first-order chi connectivity index (χ1) is 12.0.